The minimum absolute atomic E-state index is 0.0874. The van der Waals surface area contributed by atoms with Gasteiger partial charge in [-0.05, 0) is 24.3 Å². The minimum atomic E-state index is -1.24. The van der Waals surface area contributed by atoms with Crippen LogP contribution in [0, 0.1) is 5.82 Å². The number of nitrogens with zero attached hydrogens (tertiary/aromatic N) is 1. The van der Waals surface area contributed by atoms with Crippen LogP contribution in [0.2, 0.25) is 5.02 Å². The van der Waals surface area contributed by atoms with Gasteiger partial charge in [0.15, 0.2) is 17.3 Å². The molecule has 1 heterocycles. The molecule has 0 aliphatic heterocycles. The van der Waals surface area contributed by atoms with Gasteiger partial charge < -0.3 is 15.6 Å². The zero-order valence-electron chi connectivity index (χ0n) is 9.43. The highest BCUT2D eigenvalue weighted by atomic mass is 35.5. The largest absolute Gasteiger partial charge is 0.477 e. The minimum Gasteiger partial charge on any atom is -0.477 e. The summed E-state index contributed by atoms with van der Waals surface area (Å²) in [6.45, 7) is 0. The zero-order valence-corrected chi connectivity index (χ0v) is 10.2. The van der Waals surface area contributed by atoms with Gasteiger partial charge in [0.25, 0.3) is 0 Å². The molecule has 19 heavy (non-hydrogen) atoms. The van der Waals surface area contributed by atoms with Crippen LogP contribution < -0.4 is 10.5 Å². The van der Waals surface area contributed by atoms with Crippen LogP contribution >= 0.6 is 11.6 Å². The number of aromatic nitrogens is 1. The first kappa shape index (κ1) is 13.1. The first-order valence-electron chi connectivity index (χ1n) is 5.10. The van der Waals surface area contributed by atoms with Crippen LogP contribution in [0.4, 0.5) is 10.1 Å². The lowest BCUT2D eigenvalue weighted by Crippen LogP contribution is -2.04. The Bertz CT molecular complexity index is 649. The van der Waals surface area contributed by atoms with E-state index in [9.17, 15) is 9.18 Å². The molecule has 2 rings (SSSR count). The van der Waals surface area contributed by atoms with Gasteiger partial charge in [0, 0.05) is 0 Å². The molecule has 5 nitrogen and oxygen atoms in total. The first-order chi connectivity index (χ1) is 8.99. The molecule has 3 N–H and O–H groups in total. The van der Waals surface area contributed by atoms with Gasteiger partial charge in [0.1, 0.15) is 0 Å². The molecule has 0 unspecified atom stereocenters. The topological polar surface area (TPSA) is 85.4 Å². The summed E-state index contributed by atoms with van der Waals surface area (Å²) in [5, 5.41) is 8.69. The third kappa shape index (κ3) is 2.74. The van der Waals surface area contributed by atoms with E-state index in [-0.39, 0.29) is 28.0 Å². The van der Waals surface area contributed by atoms with Gasteiger partial charge in [-0.2, -0.15) is 0 Å². The number of pyridine rings is 1. The Morgan fingerprint density at radius 1 is 1.37 bits per heavy atom. The SMILES string of the molecule is Nc1ccc(C(=O)O)nc1Oc1cccc(Cl)c1F. The summed E-state index contributed by atoms with van der Waals surface area (Å²) in [4.78, 5) is 14.5. The molecule has 2 aromatic rings. The molecular formula is C12H8ClFN2O3. The Morgan fingerprint density at radius 2 is 2.11 bits per heavy atom. The molecule has 1 aromatic heterocycles. The second-order valence-electron chi connectivity index (χ2n) is 3.55. The fourth-order valence-corrected chi connectivity index (χ4v) is 1.48. The van der Waals surface area contributed by atoms with Crippen molar-refractivity contribution in [3.05, 3.63) is 46.9 Å². The molecule has 0 atom stereocenters. The molecule has 0 spiro atoms. The number of carboxylic acids is 1. The summed E-state index contributed by atoms with van der Waals surface area (Å²) >= 11 is 5.60. The van der Waals surface area contributed by atoms with E-state index in [0.29, 0.717) is 0 Å². The number of anilines is 1. The van der Waals surface area contributed by atoms with Crippen molar-refractivity contribution in [3.8, 4) is 11.6 Å². The van der Waals surface area contributed by atoms with E-state index in [2.05, 4.69) is 4.98 Å². The van der Waals surface area contributed by atoms with Crippen LogP contribution in [0.5, 0.6) is 11.6 Å². The second-order valence-corrected chi connectivity index (χ2v) is 3.96. The van der Waals surface area contributed by atoms with E-state index in [1.165, 1.54) is 30.3 Å². The molecule has 0 aliphatic carbocycles. The van der Waals surface area contributed by atoms with Gasteiger partial charge in [-0.25, -0.2) is 14.2 Å². The molecular weight excluding hydrogens is 275 g/mol. The van der Waals surface area contributed by atoms with E-state index in [1.807, 2.05) is 0 Å². The highest BCUT2D eigenvalue weighted by molar-refractivity contribution is 6.30. The van der Waals surface area contributed by atoms with E-state index >= 15 is 0 Å². The molecule has 7 heteroatoms. The molecule has 0 aliphatic rings. The Morgan fingerprint density at radius 3 is 2.79 bits per heavy atom. The lowest BCUT2D eigenvalue weighted by atomic mass is 10.3. The van der Waals surface area contributed by atoms with Crippen molar-refractivity contribution in [2.75, 3.05) is 5.73 Å². The number of hydrogen-bond acceptors (Lipinski definition) is 4. The van der Waals surface area contributed by atoms with E-state index in [0.717, 1.165) is 0 Å². The molecule has 0 amide bonds. The maximum Gasteiger partial charge on any atom is 0.354 e. The summed E-state index contributed by atoms with van der Waals surface area (Å²) in [6, 6.07) is 6.70. The normalized spacial score (nSPS) is 10.2. The number of benzene rings is 1. The fourth-order valence-electron chi connectivity index (χ4n) is 1.32. The van der Waals surface area contributed by atoms with E-state index in [4.69, 9.17) is 27.2 Å². The highest BCUT2D eigenvalue weighted by Gasteiger charge is 2.13. The third-order valence-corrected chi connectivity index (χ3v) is 2.52. The molecule has 98 valence electrons. The summed E-state index contributed by atoms with van der Waals surface area (Å²) in [5.41, 5.74) is 5.42. The third-order valence-electron chi connectivity index (χ3n) is 2.23. The second kappa shape index (κ2) is 5.11. The number of carbonyl (C=O) groups is 1. The number of ether oxygens (including phenoxy) is 1. The van der Waals surface area contributed by atoms with Crippen LogP contribution in [-0.4, -0.2) is 16.1 Å². The van der Waals surface area contributed by atoms with Crippen LogP contribution in [0.1, 0.15) is 10.5 Å². The monoisotopic (exact) mass is 282 g/mol. The predicted molar refractivity (Wildman–Crippen MR) is 67.1 cm³/mol. The van der Waals surface area contributed by atoms with Gasteiger partial charge in [-0.3, -0.25) is 0 Å². The Kier molecular flexibility index (Phi) is 3.52. The van der Waals surface area contributed by atoms with Crippen molar-refractivity contribution >= 4 is 23.3 Å². The van der Waals surface area contributed by atoms with Gasteiger partial charge >= 0.3 is 5.97 Å². The van der Waals surface area contributed by atoms with Crippen molar-refractivity contribution in [1.82, 2.24) is 4.98 Å². The first-order valence-corrected chi connectivity index (χ1v) is 5.48. The lowest BCUT2D eigenvalue weighted by Gasteiger charge is -2.09. The molecule has 0 saturated heterocycles. The lowest BCUT2D eigenvalue weighted by molar-refractivity contribution is 0.0689. The van der Waals surface area contributed by atoms with Gasteiger partial charge in [-0.15, -0.1) is 0 Å². The smallest absolute Gasteiger partial charge is 0.354 e. The average molecular weight is 283 g/mol. The summed E-state index contributed by atoms with van der Waals surface area (Å²) < 4.78 is 18.8. The number of halogens is 2. The number of nitrogens with two attached hydrogens (primary N) is 1. The van der Waals surface area contributed by atoms with Crippen molar-refractivity contribution in [2.24, 2.45) is 0 Å². The maximum absolute atomic E-state index is 13.6. The zero-order chi connectivity index (χ0) is 14.0. The molecule has 0 saturated carbocycles. The average Bonchev–Trinajstić information content (AvgIpc) is 2.37. The van der Waals surface area contributed by atoms with Crippen LogP contribution in [0.3, 0.4) is 0 Å². The summed E-state index contributed by atoms with van der Waals surface area (Å²) in [7, 11) is 0. The van der Waals surface area contributed by atoms with Crippen molar-refractivity contribution < 1.29 is 19.0 Å². The van der Waals surface area contributed by atoms with E-state index < -0.39 is 11.8 Å². The van der Waals surface area contributed by atoms with Crippen LogP contribution in [-0.2, 0) is 0 Å². The summed E-state index contributed by atoms with van der Waals surface area (Å²) in [5.74, 6) is -2.39. The highest BCUT2D eigenvalue weighted by Crippen LogP contribution is 2.30. The number of aromatic carboxylic acids is 1. The number of rotatable bonds is 3. The summed E-state index contributed by atoms with van der Waals surface area (Å²) in [6.07, 6.45) is 0. The van der Waals surface area contributed by atoms with E-state index in [1.54, 1.807) is 0 Å². The number of nitrogen functional groups attached to an aromatic ring is 1. The molecule has 1 aromatic carbocycles. The van der Waals surface area contributed by atoms with Gasteiger partial charge in [0.2, 0.25) is 5.88 Å². The predicted octanol–water partition coefficient (Wildman–Crippen LogP) is 2.95. The Hall–Kier alpha value is -2.34. The fraction of sp³-hybridized carbons (Fsp3) is 0. The van der Waals surface area contributed by atoms with Gasteiger partial charge in [0.05, 0.1) is 10.7 Å². The Balaban J connectivity index is 2.40. The van der Waals surface area contributed by atoms with Crippen molar-refractivity contribution in [1.29, 1.82) is 0 Å². The molecule has 0 bridgehead atoms. The number of carboxylic acid groups (broad SMARTS) is 1. The van der Waals surface area contributed by atoms with Crippen LogP contribution in [0.25, 0.3) is 0 Å². The molecule has 0 fully saturated rings. The quantitative estimate of drug-likeness (QED) is 0.904. The Labute approximate surface area is 112 Å². The van der Waals surface area contributed by atoms with Crippen molar-refractivity contribution in [2.45, 2.75) is 0 Å². The molecule has 0 radical (unpaired) electrons. The standard InChI is InChI=1S/C12H8ClFN2O3/c13-6-2-1-3-9(10(6)14)19-11-7(15)4-5-8(16-11)12(17)18/h1-5H,15H2,(H,17,18). The maximum atomic E-state index is 13.6. The van der Waals surface area contributed by atoms with Crippen LogP contribution in [0.15, 0.2) is 30.3 Å². The van der Waals surface area contributed by atoms with Crippen molar-refractivity contribution in [3.63, 3.8) is 0 Å². The number of hydrogen-bond donors (Lipinski definition) is 2. The van der Waals surface area contributed by atoms with Gasteiger partial charge in [-0.1, -0.05) is 17.7 Å².